The first kappa shape index (κ1) is 38.3. The van der Waals surface area contributed by atoms with Crippen molar-refractivity contribution >= 4 is 46.5 Å². The quantitative estimate of drug-likeness (QED) is 0.152. The molecule has 56 heavy (non-hydrogen) atoms. The molecule has 2 aromatic heterocycles. The van der Waals surface area contributed by atoms with Crippen molar-refractivity contribution in [3.8, 4) is 17.0 Å². The molecule has 0 bridgehead atoms. The van der Waals surface area contributed by atoms with Crippen molar-refractivity contribution in [1.29, 1.82) is 0 Å². The number of anilines is 4. The van der Waals surface area contributed by atoms with Crippen molar-refractivity contribution in [1.82, 2.24) is 20.2 Å². The van der Waals surface area contributed by atoms with Crippen molar-refractivity contribution in [3.63, 3.8) is 0 Å². The number of carbonyl (C=O) groups is 4. The van der Waals surface area contributed by atoms with Crippen LogP contribution in [0, 0.1) is 5.92 Å². The third kappa shape index (κ3) is 8.17. The summed E-state index contributed by atoms with van der Waals surface area (Å²) >= 11 is 0. The van der Waals surface area contributed by atoms with E-state index in [2.05, 4.69) is 30.4 Å². The number of nitrogens with two attached hydrogens (primary N) is 1. The SMILES string of the molecule is CC(C)C[C@](C)(N)COc1ccc(-c2ccnc(Nc3ccc(N4CCN(c5ccc6c(c5)C(=O)N(C5CCC(=O)NC5=O)C6=O)CC4)cc3)c2)nc1C(F)F. The summed E-state index contributed by atoms with van der Waals surface area (Å²) in [6, 6.07) is 18.7. The van der Waals surface area contributed by atoms with Crippen LogP contribution in [0.1, 0.15) is 72.9 Å². The molecule has 4 amide bonds. The maximum absolute atomic E-state index is 14.1. The van der Waals surface area contributed by atoms with Crippen LogP contribution in [-0.2, 0) is 9.59 Å². The molecule has 2 aromatic carbocycles. The number of piperidine rings is 1. The fourth-order valence-corrected chi connectivity index (χ4v) is 7.58. The molecule has 4 N–H and O–H groups in total. The number of ether oxygens (including phenoxy) is 1. The van der Waals surface area contributed by atoms with E-state index in [-0.39, 0.29) is 36.3 Å². The highest BCUT2D eigenvalue weighted by Crippen LogP contribution is 2.34. The highest BCUT2D eigenvalue weighted by molar-refractivity contribution is 6.23. The highest BCUT2D eigenvalue weighted by Gasteiger charge is 2.44. The molecule has 4 aromatic rings. The average Bonchev–Trinajstić information content (AvgIpc) is 3.42. The molecule has 3 aliphatic rings. The van der Waals surface area contributed by atoms with Crippen molar-refractivity contribution < 1.29 is 32.7 Å². The van der Waals surface area contributed by atoms with Gasteiger partial charge < -0.3 is 25.6 Å². The van der Waals surface area contributed by atoms with Crippen LogP contribution in [0.3, 0.4) is 0 Å². The maximum atomic E-state index is 14.1. The van der Waals surface area contributed by atoms with Gasteiger partial charge in [0.05, 0.1) is 16.8 Å². The largest absolute Gasteiger partial charge is 0.490 e. The number of nitrogens with zero attached hydrogens (tertiary/aromatic N) is 5. The molecular weight excluding hydrogens is 722 g/mol. The Balaban J connectivity index is 0.958. The first-order valence-corrected chi connectivity index (χ1v) is 18.7. The van der Waals surface area contributed by atoms with Gasteiger partial charge in [0.1, 0.15) is 29.9 Å². The van der Waals surface area contributed by atoms with E-state index in [4.69, 9.17) is 10.5 Å². The van der Waals surface area contributed by atoms with E-state index in [0.717, 1.165) is 22.0 Å². The zero-order valence-corrected chi connectivity index (χ0v) is 31.4. The first-order valence-electron chi connectivity index (χ1n) is 18.7. The molecule has 0 aliphatic carbocycles. The fourth-order valence-electron chi connectivity index (χ4n) is 7.58. The average molecular weight is 767 g/mol. The lowest BCUT2D eigenvalue weighted by molar-refractivity contribution is -0.136. The molecule has 0 spiro atoms. The molecule has 5 heterocycles. The number of pyridine rings is 2. The van der Waals surface area contributed by atoms with Gasteiger partial charge >= 0.3 is 0 Å². The second-order valence-electron chi connectivity index (χ2n) is 15.2. The summed E-state index contributed by atoms with van der Waals surface area (Å²) in [5.74, 6) is -1.24. The topological polar surface area (TPSA) is 163 Å². The number of nitrogens with one attached hydrogen (secondary N) is 2. The van der Waals surface area contributed by atoms with Crippen LogP contribution in [-0.4, -0.2) is 82.9 Å². The zero-order valence-electron chi connectivity index (χ0n) is 31.4. The van der Waals surface area contributed by atoms with E-state index < -0.39 is 47.3 Å². The van der Waals surface area contributed by atoms with Crippen LogP contribution in [0.5, 0.6) is 5.75 Å². The molecule has 1 unspecified atom stereocenters. The number of aromatic nitrogens is 2. The smallest absolute Gasteiger partial charge is 0.284 e. The Morgan fingerprint density at radius 2 is 1.59 bits per heavy atom. The molecular formula is C41H44F2N8O5. The van der Waals surface area contributed by atoms with Crippen LogP contribution in [0.4, 0.5) is 31.7 Å². The van der Waals surface area contributed by atoms with Gasteiger partial charge in [-0.3, -0.25) is 29.4 Å². The summed E-state index contributed by atoms with van der Waals surface area (Å²) in [4.78, 5) is 64.5. The number of hydrogen-bond donors (Lipinski definition) is 3. The lowest BCUT2D eigenvalue weighted by Gasteiger charge is -2.37. The molecule has 2 saturated heterocycles. The Hall–Kier alpha value is -5.96. The van der Waals surface area contributed by atoms with Gasteiger partial charge in [-0.05, 0) is 92.4 Å². The first-order chi connectivity index (χ1) is 26.8. The Morgan fingerprint density at radius 1 is 0.911 bits per heavy atom. The number of amides is 4. The van der Waals surface area contributed by atoms with E-state index in [9.17, 15) is 28.0 Å². The Labute approximate surface area is 323 Å². The van der Waals surface area contributed by atoms with Crippen molar-refractivity contribution in [2.75, 3.05) is 47.9 Å². The molecule has 15 heteroatoms. The standard InChI is InChI=1S/C41H44F2N8O5/c1-24(2)22-41(3,44)23-56-33-12-10-31(47-36(33)37(42)43)25-14-15-45-34(20-25)46-26-4-6-27(7-5-26)49-16-18-50(19-17-49)28-8-9-29-30(21-28)40(55)51(39(29)54)32-11-13-35(52)48-38(32)53/h4-10,12,14-15,20-21,24,32,37H,11,13,16-19,22-23,44H2,1-3H3,(H,45,46)(H,48,52,53)/t32?,41-/m0/s1. The van der Waals surface area contributed by atoms with Crippen LogP contribution in [0.25, 0.3) is 11.3 Å². The van der Waals surface area contributed by atoms with Crippen LogP contribution >= 0.6 is 0 Å². The van der Waals surface area contributed by atoms with Crippen LogP contribution in [0.15, 0.2) is 72.9 Å². The molecule has 2 atom stereocenters. The Bertz CT molecular complexity index is 2150. The third-order valence-electron chi connectivity index (χ3n) is 10.2. The van der Waals surface area contributed by atoms with E-state index in [1.54, 1.807) is 36.5 Å². The van der Waals surface area contributed by atoms with Gasteiger partial charge in [-0.15, -0.1) is 0 Å². The Kier molecular flexibility index (Phi) is 10.7. The lowest BCUT2D eigenvalue weighted by atomic mass is 9.93. The van der Waals surface area contributed by atoms with Crippen molar-refractivity contribution in [3.05, 3.63) is 89.7 Å². The van der Waals surface area contributed by atoms with Crippen molar-refractivity contribution in [2.45, 2.75) is 58.0 Å². The minimum atomic E-state index is -2.84. The number of alkyl halides is 2. The number of rotatable bonds is 12. The predicted octanol–water partition coefficient (Wildman–Crippen LogP) is 5.69. The molecule has 7 rings (SSSR count). The number of imide groups is 2. The number of halogens is 2. The number of fused-ring (bicyclic) bond motifs is 1. The minimum absolute atomic E-state index is 0.00980. The normalized spacial score (nSPS) is 18.4. The number of benzene rings is 2. The van der Waals surface area contributed by atoms with Gasteiger partial charge in [-0.2, -0.15) is 0 Å². The zero-order chi connectivity index (χ0) is 39.7. The van der Waals surface area contributed by atoms with E-state index >= 15 is 0 Å². The van der Waals surface area contributed by atoms with E-state index in [1.165, 1.54) is 6.07 Å². The van der Waals surface area contributed by atoms with Gasteiger partial charge in [-0.25, -0.2) is 18.7 Å². The molecule has 0 radical (unpaired) electrons. The summed E-state index contributed by atoms with van der Waals surface area (Å²) in [5, 5.41) is 5.51. The number of hydrogen-bond acceptors (Lipinski definition) is 11. The van der Waals surface area contributed by atoms with Gasteiger partial charge in [-0.1, -0.05) is 13.8 Å². The number of carbonyl (C=O) groups excluding carboxylic acids is 4. The van der Waals surface area contributed by atoms with E-state index in [0.29, 0.717) is 55.6 Å². The lowest BCUT2D eigenvalue weighted by Crippen LogP contribution is -2.54. The second kappa shape index (κ2) is 15.6. The summed E-state index contributed by atoms with van der Waals surface area (Å²) in [5.41, 5.74) is 9.32. The monoisotopic (exact) mass is 766 g/mol. The molecule has 3 aliphatic heterocycles. The molecule has 292 valence electrons. The molecule has 0 saturated carbocycles. The van der Waals surface area contributed by atoms with E-state index in [1.807, 2.05) is 51.1 Å². The van der Waals surface area contributed by atoms with Gasteiger partial charge in [0.2, 0.25) is 11.8 Å². The van der Waals surface area contributed by atoms with Crippen LogP contribution in [0.2, 0.25) is 0 Å². The highest BCUT2D eigenvalue weighted by atomic mass is 19.3. The maximum Gasteiger partial charge on any atom is 0.284 e. The second-order valence-corrected chi connectivity index (χ2v) is 15.2. The van der Waals surface area contributed by atoms with Crippen LogP contribution < -0.4 is 30.9 Å². The summed E-state index contributed by atoms with van der Waals surface area (Å²) in [7, 11) is 0. The molecule has 13 nitrogen and oxygen atoms in total. The fraction of sp³-hybridized carbons (Fsp3) is 0.366. The van der Waals surface area contributed by atoms with Gasteiger partial charge in [0.15, 0.2) is 0 Å². The number of piperazine rings is 1. The van der Waals surface area contributed by atoms with Gasteiger partial charge in [0.25, 0.3) is 18.2 Å². The van der Waals surface area contributed by atoms with Crippen molar-refractivity contribution in [2.24, 2.45) is 11.7 Å². The molecule has 2 fully saturated rings. The third-order valence-corrected chi connectivity index (χ3v) is 10.2. The predicted molar refractivity (Wildman–Crippen MR) is 207 cm³/mol. The summed E-state index contributed by atoms with van der Waals surface area (Å²) in [6.45, 7) is 8.79. The summed E-state index contributed by atoms with van der Waals surface area (Å²) < 4.78 is 33.9. The summed E-state index contributed by atoms with van der Waals surface area (Å²) in [6.07, 6.45) is -0.390. The Morgan fingerprint density at radius 3 is 2.27 bits per heavy atom. The van der Waals surface area contributed by atoms with Gasteiger partial charge in [0, 0.05) is 67.0 Å². The minimum Gasteiger partial charge on any atom is -0.490 e.